The fraction of sp³-hybridized carbons (Fsp3) is 0.560. The molecule has 1 aromatic heterocycles. The summed E-state index contributed by atoms with van der Waals surface area (Å²) < 4.78 is 6.13. The molecule has 32 heavy (non-hydrogen) atoms. The van der Waals surface area contributed by atoms with Gasteiger partial charge in [0.15, 0.2) is 0 Å². The summed E-state index contributed by atoms with van der Waals surface area (Å²) in [6, 6.07) is 7.41. The largest absolute Gasteiger partial charge is 0.490 e. The minimum absolute atomic E-state index is 0.0176. The van der Waals surface area contributed by atoms with Gasteiger partial charge in [-0.2, -0.15) is 5.10 Å². The highest BCUT2D eigenvalue weighted by Gasteiger charge is 2.35. The van der Waals surface area contributed by atoms with Gasteiger partial charge < -0.3 is 14.5 Å². The molecule has 3 aliphatic rings. The third-order valence-corrected chi connectivity index (χ3v) is 6.96. The molecule has 0 radical (unpaired) electrons. The number of hydrogen-bond donors (Lipinski definition) is 1. The van der Waals surface area contributed by atoms with Crippen molar-refractivity contribution in [2.45, 2.75) is 64.0 Å². The van der Waals surface area contributed by atoms with E-state index in [4.69, 9.17) is 4.74 Å². The van der Waals surface area contributed by atoms with E-state index in [1.54, 1.807) is 4.90 Å². The van der Waals surface area contributed by atoms with Crippen LogP contribution in [0.1, 0.15) is 65.8 Å². The highest BCUT2D eigenvalue weighted by molar-refractivity contribution is 5.94. The van der Waals surface area contributed by atoms with Gasteiger partial charge in [-0.3, -0.25) is 14.7 Å². The Labute approximate surface area is 189 Å². The van der Waals surface area contributed by atoms with Crippen LogP contribution >= 0.6 is 0 Å². The number of carbonyl (C=O) groups is 2. The number of benzene rings is 1. The molecule has 0 spiro atoms. The Bertz CT molecular complexity index is 972. The van der Waals surface area contributed by atoms with E-state index in [2.05, 4.69) is 10.2 Å². The Kier molecular flexibility index (Phi) is 5.89. The van der Waals surface area contributed by atoms with Gasteiger partial charge in [0, 0.05) is 50.2 Å². The maximum atomic E-state index is 12.9. The van der Waals surface area contributed by atoms with Crippen LogP contribution in [-0.2, 0) is 24.2 Å². The Balaban J connectivity index is 1.13. The second-order valence-corrected chi connectivity index (χ2v) is 9.44. The van der Waals surface area contributed by atoms with Crippen LogP contribution in [0.15, 0.2) is 24.3 Å². The molecule has 2 amide bonds. The molecule has 5 rings (SSSR count). The monoisotopic (exact) mass is 436 g/mol. The van der Waals surface area contributed by atoms with Gasteiger partial charge in [-0.1, -0.05) is 0 Å². The molecule has 1 saturated heterocycles. The zero-order valence-corrected chi connectivity index (χ0v) is 18.8. The number of carbonyl (C=O) groups excluding carboxylic acids is 2. The molecule has 7 nitrogen and oxygen atoms in total. The number of aromatic nitrogens is 2. The van der Waals surface area contributed by atoms with E-state index in [-0.39, 0.29) is 17.9 Å². The second kappa shape index (κ2) is 8.96. The normalized spacial score (nSPS) is 18.8. The third-order valence-electron chi connectivity index (χ3n) is 6.96. The van der Waals surface area contributed by atoms with Gasteiger partial charge in [-0.05, 0) is 68.4 Å². The molecule has 2 heterocycles. The van der Waals surface area contributed by atoms with E-state index in [9.17, 15) is 9.59 Å². The smallest absolute Gasteiger partial charge is 0.253 e. The van der Waals surface area contributed by atoms with Crippen molar-refractivity contribution in [2.24, 2.45) is 5.92 Å². The van der Waals surface area contributed by atoms with Crippen molar-refractivity contribution in [3.05, 3.63) is 46.8 Å². The van der Waals surface area contributed by atoms with Gasteiger partial charge in [-0.15, -0.1) is 0 Å². The van der Waals surface area contributed by atoms with E-state index in [1.165, 1.54) is 24.1 Å². The van der Waals surface area contributed by atoms with E-state index in [0.717, 1.165) is 63.1 Å². The minimum atomic E-state index is -0.0176. The lowest BCUT2D eigenvalue weighted by Crippen LogP contribution is -2.42. The first-order chi connectivity index (χ1) is 15.6. The first kappa shape index (κ1) is 21.0. The summed E-state index contributed by atoms with van der Waals surface area (Å²) in [7, 11) is 1.83. The molecule has 0 unspecified atom stereocenters. The maximum Gasteiger partial charge on any atom is 0.253 e. The average molecular weight is 437 g/mol. The summed E-state index contributed by atoms with van der Waals surface area (Å²) in [6.45, 7) is 2.07. The topological polar surface area (TPSA) is 78.5 Å². The van der Waals surface area contributed by atoms with Crippen molar-refractivity contribution in [1.29, 1.82) is 0 Å². The van der Waals surface area contributed by atoms with Gasteiger partial charge in [-0.25, -0.2) is 0 Å². The van der Waals surface area contributed by atoms with E-state index in [0.29, 0.717) is 18.0 Å². The zero-order chi connectivity index (χ0) is 22.1. The summed E-state index contributed by atoms with van der Waals surface area (Å²) in [5.41, 5.74) is 4.16. The molecule has 0 bridgehead atoms. The molecule has 1 saturated carbocycles. The van der Waals surface area contributed by atoms with Crippen molar-refractivity contribution in [2.75, 3.05) is 20.1 Å². The summed E-state index contributed by atoms with van der Waals surface area (Å²) in [6.07, 6.45) is 8.43. The highest BCUT2D eigenvalue weighted by Crippen LogP contribution is 2.32. The van der Waals surface area contributed by atoms with Gasteiger partial charge in [0.2, 0.25) is 5.91 Å². The molecule has 2 aliphatic carbocycles. The Morgan fingerprint density at radius 1 is 1.09 bits per heavy atom. The van der Waals surface area contributed by atoms with Gasteiger partial charge >= 0.3 is 0 Å². The van der Waals surface area contributed by atoms with E-state index in [1.807, 2.05) is 36.2 Å². The molecule has 170 valence electrons. The fourth-order valence-corrected chi connectivity index (χ4v) is 4.85. The number of nitrogens with one attached hydrogen (secondary N) is 1. The lowest BCUT2D eigenvalue weighted by Gasteiger charge is -2.32. The van der Waals surface area contributed by atoms with Crippen molar-refractivity contribution >= 4 is 11.8 Å². The SMILES string of the molecule is CN(Cc1n[nH]c2c1CCCC2)C(=O)c1ccc(OC2CCN(C(=O)C3CC3)CC2)cc1. The molecule has 1 aliphatic heterocycles. The van der Waals surface area contributed by atoms with Crippen molar-refractivity contribution in [3.8, 4) is 5.75 Å². The number of piperidine rings is 1. The first-order valence-electron chi connectivity index (χ1n) is 11.9. The van der Waals surface area contributed by atoms with Crippen LogP contribution in [0.5, 0.6) is 5.75 Å². The molecular formula is C25H32N4O3. The van der Waals surface area contributed by atoms with Crippen LogP contribution in [-0.4, -0.2) is 58.1 Å². The van der Waals surface area contributed by atoms with Gasteiger partial charge in [0.05, 0.1) is 12.2 Å². The number of nitrogens with zero attached hydrogens (tertiary/aromatic N) is 3. The predicted molar refractivity (Wildman–Crippen MR) is 120 cm³/mol. The van der Waals surface area contributed by atoms with E-state index >= 15 is 0 Å². The quantitative estimate of drug-likeness (QED) is 0.753. The van der Waals surface area contributed by atoms with Crippen molar-refractivity contribution in [1.82, 2.24) is 20.0 Å². The van der Waals surface area contributed by atoms with Gasteiger partial charge in [0.25, 0.3) is 5.91 Å². The number of hydrogen-bond acceptors (Lipinski definition) is 4. The second-order valence-electron chi connectivity index (χ2n) is 9.44. The summed E-state index contributed by atoms with van der Waals surface area (Å²) >= 11 is 0. The molecule has 2 aromatic rings. The number of ether oxygens (including phenoxy) is 1. The summed E-state index contributed by atoms with van der Waals surface area (Å²) in [5, 5.41) is 7.61. The van der Waals surface area contributed by atoms with Crippen LogP contribution in [0, 0.1) is 5.92 Å². The third kappa shape index (κ3) is 4.52. The lowest BCUT2D eigenvalue weighted by molar-refractivity contribution is -0.134. The van der Waals surface area contributed by atoms with Crippen molar-refractivity contribution in [3.63, 3.8) is 0 Å². The number of aromatic amines is 1. The zero-order valence-electron chi connectivity index (χ0n) is 18.8. The Morgan fingerprint density at radius 2 is 1.81 bits per heavy atom. The number of rotatable bonds is 6. The number of aryl methyl sites for hydroxylation is 1. The highest BCUT2D eigenvalue weighted by atomic mass is 16.5. The Hall–Kier alpha value is -2.83. The summed E-state index contributed by atoms with van der Waals surface area (Å²) in [5.74, 6) is 1.37. The maximum absolute atomic E-state index is 12.9. The fourth-order valence-electron chi connectivity index (χ4n) is 4.85. The van der Waals surface area contributed by atoms with E-state index < -0.39 is 0 Å². The lowest BCUT2D eigenvalue weighted by atomic mass is 9.96. The number of amides is 2. The molecule has 1 aromatic carbocycles. The molecule has 2 fully saturated rings. The predicted octanol–water partition coefficient (Wildman–Crippen LogP) is 3.34. The number of H-pyrrole nitrogens is 1. The van der Waals surface area contributed by atoms with Gasteiger partial charge in [0.1, 0.15) is 11.9 Å². The molecule has 7 heteroatoms. The molecular weight excluding hydrogens is 404 g/mol. The average Bonchev–Trinajstić information content (AvgIpc) is 3.61. The summed E-state index contributed by atoms with van der Waals surface area (Å²) in [4.78, 5) is 28.8. The number of fused-ring (bicyclic) bond motifs is 1. The number of likely N-dealkylation sites (tertiary alicyclic amines) is 1. The molecule has 0 atom stereocenters. The standard InChI is InChI=1S/C25H32N4O3/c1-28(16-23-21-4-2-3-5-22(21)26-27-23)24(30)17-8-10-19(11-9-17)32-20-12-14-29(15-13-20)25(31)18-6-7-18/h8-11,18,20H,2-7,12-16H2,1H3,(H,26,27). The molecule has 1 N–H and O–H groups in total. The van der Waals surface area contributed by atoms with Crippen LogP contribution < -0.4 is 4.74 Å². The van der Waals surface area contributed by atoms with Crippen molar-refractivity contribution < 1.29 is 14.3 Å². The minimum Gasteiger partial charge on any atom is -0.490 e. The van der Waals surface area contributed by atoms with Crippen LogP contribution in [0.25, 0.3) is 0 Å². The Morgan fingerprint density at radius 3 is 2.53 bits per heavy atom. The first-order valence-corrected chi connectivity index (χ1v) is 11.9. The van der Waals surface area contributed by atoms with Crippen LogP contribution in [0.2, 0.25) is 0 Å². The van der Waals surface area contributed by atoms with Crippen LogP contribution in [0.4, 0.5) is 0 Å². The van der Waals surface area contributed by atoms with Crippen LogP contribution in [0.3, 0.4) is 0 Å².